The molecule has 1 fully saturated rings. The molecular weight excluding hydrogens is 372 g/mol. The SMILES string of the molecule is CCCn1c(-c2ccncc2)nn(CN2CCN(C(=O)C(C)(C)C)CC2)c1=S. The fraction of sp³-hybridized carbons (Fsp3) is 0.600. The van der Waals surface area contributed by atoms with E-state index in [0.717, 1.165) is 55.3 Å². The molecule has 0 bridgehead atoms. The van der Waals surface area contributed by atoms with E-state index < -0.39 is 0 Å². The van der Waals surface area contributed by atoms with Gasteiger partial charge in [0.2, 0.25) is 5.91 Å². The molecule has 7 nitrogen and oxygen atoms in total. The first-order valence-electron chi connectivity index (χ1n) is 9.91. The topological polar surface area (TPSA) is 59.2 Å². The molecule has 0 saturated carbocycles. The van der Waals surface area contributed by atoms with Gasteiger partial charge in [0, 0.05) is 56.1 Å². The van der Waals surface area contributed by atoms with Gasteiger partial charge in [-0.15, -0.1) is 0 Å². The monoisotopic (exact) mass is 402 g/mol. The lowest BCUT2D eigenvalue weighted by molar-refractivity contribution is -0.141. The first-order valence-corrected chi connectivity index (χ1v) is 10.3. The Morgan fingerprint density at radius 1 is 1.14 bits per heavy atom. The van der Waals surface area contributed by atoms with E-state index in [2.05, 4.69) is 21.4 Å². The molecule has 0 atom stereocenters. The molecule has 3 rings (SSSR count). The Bertz CT molecular complexity index is 859. The van der Waals surface area contributed by atoms with Crippen molar-refractivity contribution in [2.24, 2.45) is 5.41 Å². The average Bonchev–Trinajstić information content (AvgIpc) is 2.98. The number of piperazine rings is 1. The second-order valence-corrected chi connectivity index (χ2v) is 8.66. The standard InChI is InChI=1S/C20H30N6OS/c1-5-10-25-17(16-6-8-21-9-7-16)22-26(19(25)28)15-23-11-13-24(14-12-23)18(27)20(2,3)4/h6-9H,5,10-15H2,1-4H3. The molecule has 0 unspecified atom stereocenters. The normalized spacial score (nSPS) is 15.8. The highest BCUT2D eigenvalue weighted by molar-refractivity contribution is 7.71. The average molecular weight is 403 g/mol. The molecule has 152 valence electrons. The van der Waals surface area contributed by atoms with E-state index in [4.69, 9.17) is 17.3 Å². The third-order valence-corrected chi connectivity index (χ3v) is 5.37. The van der Waals surface area contributed by atoms with E-state index in [-0.39, 0.29) is 11.3 Å². The summed E-state index contributed by atoms with van der Waals surface area (Å²) < 4.78 is 4.74. The van der Waals surface area contributed by atoms with Crippen molar-refractivity contribution < 1.29 is 4.79 Å². The maximum absolute atomic E-state index is 12.5. The Balaban J connectivity index is 1.74. The van der Waals surface area contributed by atoms with Crippen molar-refractivity contribution in [3.8, 4) is 11.4 Å². The molecule has 28 heavy (non-hydrogen) atoms. The van der Waals surface area contributed by atoms with Crippen LogP contribution in [0.2, 0.25) is 0 Å². The Hall–Kier alpha value is -2.06. The van der Waals surface area contributed by atoms with Crippen molar-refractivity contribution >= 4 is 18.1 Å². The zero-order valence-electron chi connectivity index (χ0n) is 17.3. The van der Waals surface area contributed by atoms with Crippen LogP contribution in [0.15, 0.2) is 24.5 Å². The highest BCUT2D eigenvalue weighted by Crippen LogP contribution is 2.20. The Morgan fingerprint density at radius 3 is 2.36 bits per heavy atom. The van der Waals surface area contributed by atoms with Crippen LogP contribution in [0.4, 0.5) is 0 Å². The minimum absolute atomic E-state index is 0.218. The zero-order chi connectivity index (χ0) is 20.3. The predicted molar refractivity (Wildman–Crippen MR) is 112 cm³/mol. The van der Waals surface area contributed by atoms with E-state index >= 15 is 0 Å². The lowest BCUT2D eigenvalue weighted by Gasteiger charge is -2.37. The maximum Gasteiger partial charge on any atom is 0.228 e. The minimum Gasteiger partial charge on any atom is -0.340 e. The fourth-order valence-corrected chi connectivity index (χ4v) is 3.71. The van der Waals surface area contributed by atoms with E-state index in [1.807, 2.05) is 42.5 Å². The second kappa shape index (κ2) is 8.53. The van der Waals surface area contributed by atoms with Gasteiger partial charge in [-0.1, -0.05) is 27.7 Å². The van der Waals surface area contributed by atoms with Gasteiger partial charge in [-0.2, -0.15) is 5.10 Å². The molecule has 0 spiro atoms. The number of hydrogen-bond acceptors (Lipinski definition) is 5. The Morgan fingerprint density at radius 2 is 1.79 bits per heavy atom. The first-order chi connectivity index (χ1) is 13.3. The van der Waals surface area contributed by atoms with E-state index in [9.17, 15) is 4.79 Å². The maximum atomic E-state index is 12.5. The number of rotatable bonds is 5. The van der Waals surface area contributed by atoms with Crippen LogP contribution < -0.4 is 0 Å². The number of hydrogen-bond donors (Lipinski definition) is 0. The van der Waals surface area contributed by atoms with Gasteiger partial charge in [0.25, 0.3) is 0 Å². The number of aromatic nitrogens is 4. The fourth-order valence-electron chi connectivity index (χ4n) is 3.43. The van der Waals surface area contributed by atoms with Crippen molar-refractivity contribution in [1.29, 1.82) is 0 Å². The molecule has 2 aromatic rings. The number of carbonyl (C=O) groups is 1. The van der Waals surface area contributed by atoms with Gasteiger partial charge in [-0.3, -0.25) is 19.2 Å². The van der Waals surface area contributed by atoms with Gasteiger partial charge in [-0.25, -0.2) is 4.68 Å². The Labute approximate surface area is 172 Å². The van der Waals surface area contributed by atoms with Crippen molar-refractivity contribution in [3.05, 3.63) is 29.3 Å². The van der Waals surface area contributed by atoms with Crippen LogP contribution in [-0.4, -0.2) is 61.2 Å². The van der Waals surface area contributed by atoms with Crippen molar-refractivity contribution in [2.45, 2.75) is 47.3 Å². The molecule has 1 aliphatic heterocycles. The summed E-state index contributed by atoms with van der Waals surface area (Å²) in [5.74, 6) is 1.10. The first kappa shape index (κ1) is 20.7. The summed E-state index contributed by atoms with van der Waals surface area (Å²) in [6.45, 7) is 12.7. The molecule has 0 N–H and O–H groups in total. The van der Waals surface area contributed by atoms with Crippen LogP contribution in [0.3, 0.4) is 0 Å². The highest BCUT2D eigenvalue weighted by atomic mass is 32.1. The quantitative estimate of drug-likeness (QED) is 0.720. The van der Waals surface area contributed by atoms with Crippen molar-refractivity contribution in [1.82, 2.24) is 29.1 Å². The summed E-state index contributed by atoms with van der Waals surface area (Å²) >= 11 is 5.72. The predicted octanol–water partition coefficient (Wildman–Crippen LogP) is 3.03. The molecule has 1 saturated heterocycles. The molecule has 0 aliphatic carbocycles. The van der Waals surface area contributed by atoms with Crippen LogP contribution in [0.5, 0.6) is 0 Å². The van der Waals surface area contributed by atoms with Gasteiger partial charge in [0.05, 0.1) is 6.67 Å². The molecule has 1 aliphatic rings. The summed E-state index contributed by atoms with van der Waals surface area (Å²) in [7, 11) is 0. The zero-order valence-corrected chi connectivity index (χ0v) is 18.1. The summed E-state index contributed by atoms with van der Waals surface area (Å²) in [6, 6.07) is 3.93. The molecule has 3 heterocycles. The van der Waals surface area contributed by atoms with Gasteiger partial charge < -0.3 is 4.90 Å². The lowest BCUT2D eigenvalue weighted by atomic mass is 9.94. The molecular formula is C20H30N6OS. The van der Waals surface area contributed by atoms with Gasteiger partial charge in [0.1, 0.15) is 0 Å². The largest absolute Gasteiger partial charge is 0.340 e. The van der Waals surface area contributed by atoms with E-state index in [1.54, 1.807) is 12.4 Å². The van der Waals surface area contributed by atoms with Crippen LogP contribution in [0, 0.1) is 10.2 Å². The van der Waals surface area contributed by atoms with Crippen LogP contribution >= 0.6 is 12.2 Å². The highest BCUT2D eigenvalue weighted by Gasteiger charge is 2.29. The lowest BCUT2D eigenvalue weighted by Crippen LogP contribution is -2.51. The molecule has 8 heteroatoms. The number of carbonyl (C=O) groups excluding carboxylic acids is 1. The van der Waals surface area contributed by atoms with Crippen LogP contribution in [0.1, 0.15) is 34.1 Å². The Kier molecular flexibility index (Phi) is 6.30. The summed E-state index contributed by atoms with van der Waals surface area (Å²) in [6.07, 6.45) is 4.55. The number of nitrogens with zero attached hydrogens (tertiary/aromatic N) is 6. The third-order valence-electron chi connectivity index (χ3n) is 4.94. The van der Waals surface area contributed by atoms with Crippen molar-refractivity contribution in [3.63, 3.8) is 0 Å². The summed E-state index contributed by atoms with van der Waals surface area (Å²) in [5.41, 5.74) is 0.692. The molecule has 1 amide bonds. The van der Waals surface area contributed by atoms with Gasteiger partial charge >= 0.3 is 0 Å². The minimum atomic E-state index is -0.330. The van der Waals surface area contributed by atoms with Crippen LogP contribution in [0.25, 0.3) is 11.4 Å². The van der Waals surface area contributed by atoms with E-state index in [0.29, 0.717) is 6.67 Å². The number of amides is 1. The van der Waals surface area contributed by atoms with Gasteiger partial charge in [0.15, 0.2) is 10.6 Å². The molecule has 0 radical (unpaired) electrons. The summed E-state index contributed by atoms with van der Waals surface area (Å²) in [5, 5.41) is 4.81. The smallest absolute Gasteiger partial charge is 0.228 e. The number of pyridine rings is 1. The second-order valence-electron chi connectivity index (χ2n) is 8.29. The van der Waals surface area contributed by atoms with Crippen molar-refractivity contribution in [2.75, 3.05) is 26.2 Å². The third kappa shape index (κ3) is 4.50. The van der Waals surface area contributed by atoms with Crippen LogP contribution in [-0.2, 0) is 18.0 Å². The molecule has 2 aromatic heterocycles. The summed E-state index contributed by atoms with van der Waals surface area (Å²) in [4.78, 5) is 20.9. The van der Waals surface area contributed by atoms with E-state index in [1.165, 1.54) is 0 Å². The van der Waals surface area contributed by atoms with Gasteiger partial charge in [-0.05, 0) is 30.8 Å². The molecule has 0 aromatic carbocycles.